The minimum atomic E-state index is 0.0690. The Bertz CT molecular complexity index is 563. The highest BCUT2D eigenvalue weighted by molar-refractivity contribution is 5.73. The summed E-state index contributed by atoms with van der Waals surface area (Å²) in [5, 5.41) is 0. The molecule has 0 aliphatic heterocycles. The van der Waals surface area contributed by atoms with Gasteiger partial charge in [-0.3, -0.25) is 4.79 Å². The van der Waals surface area contributed by atoms with Crippen LogP contribution < -0.4 is 0 Å². The molecule has 112 valence electrons. The Labute approximate surface area is 125 Å². The molecule has 4 nitrogen and oxygen atoms in total. The van der Waals surface area contributed by atoms with Crippen molar-refractivity contribution in [2.45, 2.75) is 20.0 Å². The molecule has 0 saturated carbocycles. The Kier molecular flexibility index (Phi) is 5.58. The smallest absolute Gasteiger partial charge is 0.219 e. The number of carbonyl (C=O) groups excluding carboxylic acids is 1. The predicted molar refractivity (Wildman–Crippen MR) is 82.9 cm³/mol. The molecule has 0 radical (unpaired) electrons. The maximum atomic E-state index is 11.7. The summed E-state index contributed by atoms with van der Waals surface area (Å²) >= 11 is 0. The van der Waals surface area contributed by atoms with Gasteiger partial charge in [0.25, 0.3) is 0 Å². The van der Waals surface area contributed by atoms with E-state index in [1.54, 1.807) is 18.9 Å². The first kappa shape index (κ1) is 15.3. The number of carbonyl (C=O) groups is 1. The molecule has 2 aromatic rings. The van der Waals surface area contributed by atoms with Crippen molar-refractivity contribution in [3.05, 3.63) is 59.9 Å². The summed E-state index contributed by atoms with van der Waals surface area (Å²) in [6, 6.07) is 14.4. The van der Waals surface area contributed by atoms with E-state index >= 15 is 0 Å². The Hall–Kier alpha value is -2.07. The lowest BCUT2D eigenvalue weighted by molar-refractivity contribution is -0.130. The van der Waals surface area contributed by atoms with Crippen LogP contribution in [0.3, 0.4) is 0 Å². The van der Waals surface area contributed by atoms with Gasteiger partial charge in [0.05, 0.1) is 13.2 Å². The number of aromatic nitrogens is 1. The van der Waals surface area contributed by atoms with Crippen LogP contribution in [0.1, 0.15) is 18.2 Å². The second-order valence-electron chi connectivity index (χ2n) is 5.05. The number of benzene rings is 1. The van der Waals surface area contributed by atoms with Crippen LogP contribution in [-0.2, 0) is 22.6 Å². The minimum Gasteiger partial charge on any atom is -0.383 e. The summed E-state index contributed by atoms with van der Waals surface area (Å²) in [7, 11) is 1.65. The maximum absolute atomic E-state index is 11.7. The molecule has 0 fully saturated rings. The van der Waals surface area contributed by atoms with Crippen molar-refractivity contribution in [3.63, 3.8) is 0 Å². The first-order valence-corrected chi connectivity index (χ1v) is 7.13. The van der Waals surface area contributed by atoms with Crippen LogP contribution in [-0.4, -0.2) is 35.6 Å². The third-order valence-corrected chi connectivity index (χ3v) is 3.48. The Balaban J connectivity index is 2.06. The topological polar surface area (TPSA) is 34.5 Å². The maximum Gasteiger partial charge on any atom is 0.219 e. The summed E-state index contributed by atoms with van der Waals surface area (Å²) in [5.74, 6) is 0.0690. The number of hydrogen-bond donors (Lipinski definition) is 0. The van der Waals surface area contributed by atoms with Crippen LogP contribution in [0.15, 0.2) is 48.7 Å². The van der Waals surface area contributed by atoms with Gasteiger partial charge in [-0.05, 0) is 17.7 Å². The van der Waals surface area contributed by atoms with E-state index in [0.717, 1.165) is 12.2 Å². The largest absolute Gasteiger partial charge is 0.383 e. The van der Waals surface area contributed by atoms with Crippen molar-refractivity contribution in [1.29, 1.82) is 0 Å². The van der Waals surface area contributed by atoms with Crippen molar-refractivity contribution in [3.8, 4) is 0 Å². The molecule has 0 aliphatic carbocycles. The Morgan fingerprint density at radius 2 is 1.95 bits per heavy atom. The van der Waals surface area contributed by atoms with Crippen molar-refractivity contribution in [2.75, 3.05) is 20.3 Å². The zero-order valence-electron chi connectivity index (χ0n) is 12.7. The standard InChI is InChI=1S/C17H22N2O2/c1-15(20)18(11-12-21-2)14-17-9-6-10-19(17)13-16-7-4-3-5-8-16/h3-10H,11-14H2,1-2H3. The fourth-order valence-corrected chi connectivity index (χ4v) is 2.27. The first-order chi connectivity index (χ1) is 10.2. The molecular weight excluding hydrogens is 264 g/mol. The van der Waals surface area contributed by atoms with E-state index in [2.05, 4.69) is 29.0 Å². The number of methoxy groups -OCH3 is 1. The van der Waals surface area contributed by atoms with E-state index in [9.17, 15) is 4.79 Å². The normalized spacial score (nSPS) is 10.6. The molecule has 0 bridgehead atoms. The molecule has 1 amide bonds. The molecule has 1 aromatic carbocycles. The van der Waals surface area contributed by atoms with Gasteiger partial charge >= 0.3 is 0 Å². The van der Waals surface area contributed by atoms with Gasteiger partial charge in [-0.2, -0.15) is 0 Å². The van der Waals surface area contributed by atoms with Gasteiger partial charge in [0.15, 0.2) is 0 Å². The third-order valence-electron chi connectivity index (χ3n) is 3.48. The van der Waals surface area contributed by atoms with Gasteiger partial charge in [-0.25, -0.2) is 0 Å². The van der Waals surface area contributed by atoms with E-state index in [0.29, 0.717) is 19.7 Å². The highest BCUT2D eigenvalue weighted by atomic mass is 16.5. The lowest BCUT2D eigenvalue weighted by Gasteiger charge is -2.21. The van der Waals surface area contributed by atoms with Crippen molar-refractivity contribution >= 4 is 5.91 Å². The molecule has 0 saturated heterocycles. The highest BCUT2D eigenvalue weighted by Gasteiger charge is 2.11. The van der Waals surface area contributed by atoms with Gasteiger partial charge in [0.1, 0.15) is 0 Å². The summed E-state index contributed by atoms with van der Waals surface area (Å²) in [4.78, 5) is 13.5. The van der Waals surface area contributed by atoms with E-state index < -0.39 is 0 Å². The quantitative estimate of drug-likeness (QED) is 0.784. The van der Waals surface area contributed by atoms with Crippen LogP contribution in [0, 0.1) is 0 Å². The number of amides is 1. The van der Waals surface area contributed by atoms with Crippen molar-refractivity contribution < 1.29 is 9.53 Å². The molecule has 0 unspecified atom stereocenters. The van der Waals surface area contributed by atoms with E-state index in [1.807, 2.05) is 24.3 Å². The number of rotatable bonds is 7. The molecular formula is C17H22N2O2. The average Bonchev–Trinajstić information content (AvgIpc) is 2.91. The molecule has 4 heteroatoms. The predicted octanol–water partition coefficient (Wildman–Crippen LogP) is 2.53. The number of nitrogens with zero attached hydrogens (tertiary/aromatic N) is 2. The van der Waals surface area contributed by atoms with Crippen molar-refractivity contribution in [1.82, 2.24) is 9.47 Å². The second kappa shape index (κ2) is 7.64. The summed E-state index contributed by atoms with van der Waals surface area (Å²) in [6.45, 7) is 4.19. The van der Waals surface area contributed by atoms with Crippen LogP contribution in [0.5, 0.6) is 0 Å². The van der Waals surface area contributed by atoms with Gasteiger partial charge in [0, 0.05) is 39.0 Å². The van der Waals surface area contributed by atoms with Gasteiger partial charge < -0.3 is 14.2 Å². The Morgan fingerprint density at radius 3 is 2.62 bits per heavy atom. The van der Waals surface area contributed by atoms with Gasteiger partial charge in [-0.1, -0.05) is 30.3 Å². The van der Waals surface area contributed by atoms with Gasteiger partial charge in [-0.15, -0.1) is 0 Å². The molecule has 0 aliphatic rings. The van der Waals surface area contributed by atoms with E-state index in [1.165, 1.54) is 5.56 Å². The van der Waals surface area contributed by atoms with E-state index in [4.69, 9.17) is 4.74 Å². The van der Waals surface area contributed by atoms with Crippen LogP contribution in [0.25, 0.3) is 0 Å². The Morgan fingerprint density at radius 1 is 1.19 bits per heavy atom. The molecule has 1 heterocycles. The zero-order chi connectivity index (χ0) is 15.1. The molecule has 1 aromatic heterocycles. The molecule has 0 atom stereocenters. The lowest BCUT2D eigenvalue weighted by atomic mass is 10.2. The fourth-order valence-electron chi connectivity index (χ4n) is 2.27. The van der Waals surface area contributed by atoms with E-state index in [-0.39, 0.29) is 5.91 Å². The second-order valence-corrected chi connectivity index (χ2v) is 5.05. The third kappa shape index (κ3) is 4.46. The first-order valence-electron chi connectivity index (χ1n) is 7.13. The monoisotopic (exact) mass is 286 g/mol. The summed E-state index contributed by atoms with van der Waals surface area (Å²) in [5.41, 5.74) is 2.38. The average molecular weight is 286 g/mol. The number of ether oxygens (including phenoxy) is 1. The van der Waals surface area contributed by atoms with Crippen LogP contribution in [0.4, 0.5) is 0 Å². The van der Waals surface area contributed by atoms with Crippen LogP contribution >= 0.6 is 0 Å². The SMILES string of the molecule is COCCN(Cc1cccn1Cc1ccccc1)C(C)=O. The molecule has 21 heavy (non-hydrogen) atoms. The van der Waals surface area contributed by atoms with Crippen LogP contribution in [0.2, 0.25) is 0 Å². The highest BCUT2D eigenvalue weighted by Crippen LogP contribution is 2.10. The molecule has 2 rings (SSSR count). The molecule has 0 N–H and O–H groups in total. The summed E-state index contributed by atoms with van der Waals surface area (Å²) in [6.07, 6.45) is 2.05. The summed E-state index contributed by atoms with van der Waals surface area (Å²) < 4.78 is 7.25. The fraction of sp³-hybridized carbons (Fsp3) is 0.353. The van der Waals surface area contributed by atoms with Gasteiger partial charge in [0.2, 0.25) is 5.91 Å². The zero-order valence-corrected chi connectivity index (χ0v) is 12.7. The van der Waals surface area contributed by atoms with Crippen molar-refractivity contribution in [2.24, 2.45) is 0 Å². The number of hydrogen-bond acceptors (Lipinski definition) is 2. The lowest BCUT2D eigenvalue weighted by Crippen LogP contribution is -2.32. The molecule has 0 spiro atoms. The minimum absolute atomic E-state index is 0.0690.